The number of hydrogen-bond donors (Lipinski definition) is 2. The summed E-state index contributed by atoms with van der Waals surface area (Å²) in [7, 11) is 0. The molecule has 1 saturated heterocycles. The number of benzene rings is 1. The Hall–Kier alpha value is -1.06. The number of hydrogen-bond acceptors (Lipinski definition) is 3. The van der Waals surface area contributed by atoms with Crippen molar-refractivity contribution in [2.75, 3.05) is 18.0 Å². The van der Waals surface area contributed by atoms with Crippen LogP contribution in [0.2, 0.25) is 0 Å². The molecular formula is C16H26N2O. The highest BCUT2D eigenvalue weighted by Gasteiger charge is 2.15. The van der Waals surface area contributed by atoms with Gasteiger partial charge in [-0.25, -0.2) is 0 Å². The van der Waals surface area contributed by atoms with E-state index in [9.17, 15) is 5.11 Å². The fraction of sp³-hybridized carbons (Fsp3) is 0.625. The Bertz CT molecular complexity index is 386. The molecule has 3 nitrogen and oxygen atoms in total. The average Bonchev–Trinajstić information content (AvgIpc) is 2.89. The van der Waals surface area contributed by atoms with E-state index in [0.717, 1.165) is 13.0 Å². The Morgan fingerprint density at radius 1 is 1.21 bits per heavy atom. The van der Waals surface area contributed by atoms with E-state index >= 15 is 0 Å². The zero-order valence-electron chi connectivity index (χ0n) is 12.1. The van der Waals surface area contributed by atoms with Crippen LogP contribution in [0.4, 0.5) is 5.69 Å². The molecule has 1 heterocycles. The Kier molecular flexibility index (Phi) is 5.23. The first kappa shape index (κ1) is 14.4. The SMILES string of the molecule is CC(O)CC(C)NCc1ccccc1N1CCCC1. The van der Waals surface area contributed by atoms with Crippen molar-refractivity contribution in [3.8, 4) is 0 Å². The molecule has 2 rings (SSSR count). The van der Waals surface area contributed by atoms with E-state index in [-0.39, 0.29) is 6.10 Å². The largest absolute Gasteiger partial charge is 0.393 e. The zero-order valence-corrected chi connectivity index (χ0v) is 12.1. The van der Waals surface area contributed by atoms with Crippen molar-refractivity contribution in [2.45, 2.75) is 51.8 Å². The van der Waals surface area contributed by atoms with Gasteiger partial charge >= 0.3 is 0 Å². The summed E-state index contributed by atoms with van der Waals surface area (Å²) in [6, 6.07) is 9.00. The smallest absolute Gasteiger partial charge is 0.0526 e. The summed E-state index contributed by atoms with van der Waals surface area (Å²) in [5.41, 5.74) is 2.73. The van der Waals surface area contributed by atoms with Gasteiger partial charge in [-0.15, -0.1) is 0 Å². The van der Waals surface area contributed by atoms with Gasteiger partial charge in [0.05, 0.1) is 6.10 Å². The highest BCUT2D eigenvalue weighted by atomic mass is 16.3. The summed E-state index contributed by atoms with van der Waals surface area (Å²) in [4.78, 5) is 2.48. The molecule has 1 aliphatic rings. The third-order valence-electron chi connectivity index (χ3n) is 3.77. The Labute approximate surface area is 116 Å². The highest BCUT2D eigenvalue weighted by molar-refractivity contribution is 5.54. The van der Waals surface area contributed by atoms with Gasteiger partial charge in [-0.3, -0.25) is 0 Å². The average molecular weight is 262 g/mol. The third kappa shape index (κ3) is 4.22. The van der Waals surface area contributed by atoms with Crippen molar-refractivity contribution < 1.29 is 5.11 Å². The fourth-order valence-corrected chi connectivity index (χ4v) is 2.81. The molecule has 1 aromatic carbocycles. The summed E-state index contributed by atoms with van der Waals surface area (Å²) < 4.78 is 0. The number of para-hydroxylation sites is 1. The van der Waals surface area contributed by atoms with E-state index in [1.54, 1.807) is 0 Å². The van der Waals surface area contributed by atoms with Crippen molar-refractivity contribution in [2.24, 2.45) is 0 Å². The van der Waals surface area contributed by atoms with E-state index < -0.39 is 0 Å². The van der Waals surface area contributed by atoms with Crippen LogP contribution < -0.4 is 10.2 Å². The van der Waals surface area contributed by atoms with Crippen LogP contribution in [0.1, 0.15) is 38.7 Å². The van der Waals surface area contributed by atoms with E-state index in [0.29, 0.717) is 6.04 Å². The molecule has 0 aromatic heterocycles. The number of aliphatic hydroxyl groups excluding tert-OH is 1. The summed E-state index contributed by atoms with van der Waals surface area (Å²) in [6.45, 7) is 7.21. The molecule has 0 aliphatic carbocycles. The monoisotopic (exact) mass is 262 g/mol. The van der Waals surface area contributed by atoms with Crippen LogP contribution in [0, 0.1) is 0 Å². The van der Waals surface area contributed by atoms with Gasteiger partial charge in [0.15, 0.2) is 0 Å². The lowest BCUT2D eigenvalue weighted by Crippen LogP contribution is -2.29. The number of nitrogens with zero attached hydrogens (tertiary/aromatic N) is 1. The number of anilines is 1. The van der Waals surface area contributed by atoms with Crippen molar-refractivity contribution in [3.63, 3.8) is 0 Å². The predicted octanol–water partition coefficient (Wildman–Crippen LogP) is 2.54. The summed E-state index contributed by atoms with van der Waals surface area (Å²) in [5, 5.41) is 12.9. The molecule has 0 saturated carbocycles. The Morgan fingerprint density at radius 2 is 1.89 bits per heavy atom. The van der Waals surface area contributed by atoms with Gasteiger partial charge in [-0.2, -0.15) is 0 Å². The number of rotatable bonds is 6. The topological polar surface area (TPSA) is 35.5 Å². The van der Waals surface area contributed by atoms with Gasteiger partial charge in [0.2, 0.25) is 0 Å². The minimum Gasteiger partial charge on any atom is -0.393 e. The highest BCUT2D eigenvalue weighted by Crippen LogP contribution is 2.24. The lowest BCUT2D eigenvalue weighted by Gasteiger charge is -2.23. The fourth-order valence-electron chi connectivity index (χ4n) is 2.81. The second-order valence-electron chi connectivity index (χ2n) is 5.69. The van der Waals surface area contributed by atoms with Crippen LogP contribution in [0.5, 0.6) is 0 Å². The maximum atomic E-state index is 9.40. The number of aliphatic hydroxyl groups is 1. The summed E-state index contributed by atoms with van der Waals surface area (Å²) >= 11 is 0. The minimum atomic E-state index is -0.240. The van der Waals surface area contributed by atoms with Crippen LogP contribution in [-0.2, 0) is 6.54 Å². The predicted molar refractivity (Wildman–Crippen MR) is 80.5 cm³/mol. The molecule has 0 radical (unpaired) electrons. The molecule has 2 N–H and O–H groups in total. The van der Waals surface area contributed by atoms with Crippen LogP contribution in [0.25, 0.3) is 0 Å². The molecule has 19 heavy (non-hydrogen) atoms. The first-order valence-corrected chi connectivity index (χ1v) is 7.41. The van der Waals surface area contributed by atoms with E-state index in [1.807, 2.05) is 6.92 Å². The standard InChI is InChI=1S/C16H26N2O/c1-13(11-14(2)19)17-12-15-7-3-4-8-16(15)18-9-5-6-10-18/h3-4,7-8,13-14,17,19H,5-6,9-12H2,1-2H3. The molecule has 0 amide bonds. The van der Waals surface area contributed by atoms with Gasteiger partial charge in [0.25, 0.3) is 0 Å². The minimum absolute atomic E-state index is 0.240. The second kappa shape index (κ2) is 6.92. The molecule has 0 spiro atoms. The van der Waals surface area contributed by atoms with Gasteiger partial charge in [-0.05, 0) is 44.7 Å². The van der Waals surface area contributed by atoms with Gasteiger partial charge < -0.3 is 15.3 Å². The van der Waals surface area contributed by atoms with Crippen molar-refractivity contribution >= 4 is 5.69 Å². The van der Waals surface area contributed by atoms with E-state index in [1.165, 1.54) is 37.2 Å². The lowest BCUT2D eigenvalue weighted by molar-refractivity contribution is 0.170. The Morgan fingerprint density at radius 3 is 2.58 bits per heavy atom. The van der Waals surface area contributed by atoms with Gasteiger partial charge in [0.1, 0.15) is 0 Å². The van der Waals surface area contributed by atoms with Crippen LogP contribution in [0.15, 0.2) is 24.3 Å². The zero-order chi connectivity index (χ0) is 13.7. The van der Waals surface area contributed by atoms with E-state index in [2.05, 4.69) is 41.4 Å². The molecule has 1 fully saturated rings. The maximum Gasteiger partial charge on any atom is 0.0526 e. The van der Waals surface area contributed by atoms with Crippen molar-refractivity contribution in [1.29, 1.82) is 0 Å². The van der Waals surface area contributed by atoms with Crippen molar-refractivity contribution in [3.05, 3.63) is 29.8 Å². The maximum absolute atomic E-state index is 9.40. The summed E-state index contributed by atoms with van der Waals surface area (Å²) in [5.74, 6) is 0. The molecule has 0 bridgehead atoms. The van der Waals surface area contributed by atoms with Crippen LogP contribution in [0.3, 0.4) is 0 Å². The Balaban J connectivity index is 1.95. The molecule has 3 heteroatoms. The molecule has 106 valence electrons. The quantitative estimate of drug-likeness (QED) is 0.827. The molecule has 1 aromatic rings. The van der Waals surface area contributed by atoms with Crippen LogP contribution in [-0.4, -0.2) is 30.3 Å². The van der Waals surface area contributed by atoms with Crippen LogP contribution >= 0.6 is 0 Å². The number of nitrogens with one attached hydrogen (secondary N) is 1. The molecule has 2 unspecified atom stereocenters. The first-order chi connectivity index (χ1) is 9.16. The lowest BCUT2D eigenvalue weighted by atomic mass is 10.1. The van der Waals surface area contributed by atoms with E-state index in [4.69, 9.17) is 0 Å². The first-order valence-electron chi connectivity index (χ1n) is 7.41. The normalized spacial score (nSPS) is 18.6. The second-order valence-corrected chi connectivity index (χ2v) is 5.69. The molecule has 1 aliphatic heterocycles. The molecule has 2 atom stereocenters. The van der Waals surface area contributed by atoms with Gasteiger partial charge in [0, 0.05) is 31.4 Å². The summed E-state index contributed by atoms with van der Waals surface area (Å²) in [6.07, 6.45) is 3.17. The third-order valence-corrected chi connectivity index (χ3v) is 3.77. The van der Waals surface area contributed by atoms with Gasteiger partial charge in [-0.1, -0.05) is 18.2 Å². The van der Waals surface area contributed by atoms with Crippen molar-refractivity contribution in [1.82, 2.24) is 5.32 Å². The molecular weight excluding hydrogens is 236 g/mol.